The topological polar surface area (TPSA) is 70.4 Å². The summed E-state index contributed by atoms with van der Waals surface area (Å²) in [6.07, 6.45) is 9.08. The largest absolute Gasteiger partial charge is 0.481 e. The van der Waals surface area contributed by atoms with Gasteiger partial charge in [0.25, 0.3) is 0 Å². The summed E-state index contributed by atoms with van der Waals surface area (Å²) in [6.45, 7) is 2.22. The van der Waals surface area contributed by atoms with Crippen molar-refractivity contribution in [3.05, 3.63) is 41.6 Å². The van der Waals surface area contributed by atoms with E-state index in [1.54, 1.807) is 0 Å². The molecule has 4 heteroatoms. The van der Waals surface area contributed by atoms with Crippen molar-refractivity contribution in [2.75, 3.05) is 0 Å². The smallest absolute Gasteiger partial charge is 0.303 e. The van der Waals surface area contributed by atoms with Crippen LogP contribution in [0, 0.1) is 0 Å². The van der Waals surface area contributed by atoms with Gasteiger partial charge in [-0.3, -0.25) is 9.78 Å². The first-order valence-corrected chi connectivity index (χ1v) is 9.89. The highest BCUT2D eigenvalue weighted by molar-refractivity contribution is 5.79. The van der Waals surface area contributed by atoms with Gasteiger partial charge in [0.2, 0.25) is 0 Å². The Kier molecular flexibility index (Phi) is 8.56. The number of aliphatic carboxylic acids is 1. The number of nitrogens with zero attached hydrogens (tertiary/aromatic N) is 1. The van der Waals surface area contributed by atoms with Gasteiger partial charge in [-0.05, 0) is 37.0 Å². The fourth-order valence-electron chi connectivity index (χ4n) is 3.23. The summed E-state index contributed by atoms with van der Waals surface area (Å²) in [4.78, 5) is 15.3. The van der Waals surface area contributed by atoms with E-state index in [0.717, 1.165) is 35.0 Å². The highest BCUT2D eigenvalue weighted by Gasteiger charge is 2.09. The molecule has 142 valence electrons. The number of aliphatic hydroxyl groups excluding tert-OH is 1. The second kappa shape index (κ2) is 10.9. The molecule has 0 spiro atoms. The lowest BCUT2D eigenvalue weighted by molar-refractivity contribution is -0.137. The van der Waals surface area contributed by atoms with Gasteiger partial charge in [0.05, 0.1) is 11.6 Å². The number of aromatic nitrogens is 1. The van der Waals surface area contributed by atoms with E-state index in [1.165, 1.54) is 32.1 Å². The molecule has 0 saturated carbocycles. The van der Waals surface area contributed by atoms with Crippen molar-refractivity contribution in [2.45, 2.75) is 77.2 Å². The van der Waals surface area contributed by atoms with Crippen molar-refractivity contribution in [1.29, 1.82) is 0 Å². The van der Waals surface area contributed by atoms with Crippen molar-refractivity contribution < 1.29 is 15.0 Å². The number of carboxylic acid groups (broad SMARTS) is 1. The van der Waals surface area contributed by atoms with Crippen LogP contribution in [-0.2, 0) is 11.2 Å². The molecule has 2 rings (SSSR count). The monoisotopic (exact) mass is 357 g/mol. The molecular weight excluding hydrogens is 326 g/mol. The summed E-state index contributed by atoms with van der Waals surface area (Å²) in [5.74, 6) is -0.772. The molecule has 0 aliphatic rings. The molecule has 0 saturated heterocycles. The minimum absolute atomic E-state index is 0.163. The van der Waals surface area contributed by atoms with Gasteiger partial charge in [0.1, 0.15) is 0 Å². The highest BCUT2D eigenvalue weighted by atomic mass is 16.4. The van der Waals surface area contributed by atoms with Crippen LogP contribution >= 0.6 is 0 Å². The zero-order valence-electron chi connectivity index (χ0n) is 15.8. The summed E-state index contributed by atoms with van der Waals surface area (Å²) in [5, 5.41) is 20.2. The minimum Gasteiger partial charge on any atom is -0.481 e. The molecule has 4 nitrogen and oxygen atoms in total. The van der Waals surface area contributed by atoms with Crippen LogP contribution in [0.2, 0.25) is 0 Å². The van der Waals surface area contributed by atoms with Crippen LogP contribution in [0.1, 0.15) is 82.1 Å². The predicted molar refractivity (Wildman–Crippen MR) is 105 cm³/mol. The summed E-state index contributed by atoms with van der Waals surface area (Å²) in [5.41, 5.74) is 2.69. The van der Waals surface area contributed by atoms with Gasteiger partial charge < -0.3 is 10.2 Å². The fraction of sp³-hybridized carbons (Fsp3) is 0.545. The van der Waals surface area contributed by atoms with E-state index >= 15 is 0 Å². The lowest BCUT2D eigenvalue weighted by Gasteiger charge is -2.12. The third-order valence-electron chi connectivity index (χ3n) is 4.81. The Morgan fingerprint density at radius 2 is 1.77 bits per heavy atom. The number of aryl methyl sites for hydroxylation is 1. The van der Waals surface area contributed by atoms with Crippen molar-refractivity contribution in [1.82, 2.24) is 4.98 Å². The molecule has 1 aromatic carbocycles. The Morgan fingerprint density at radius 3 is 2.54 bits per heavy atom. The molecule has 26 heavy (non-hydrogen) atoms. The average molecular weight is 357 g/mol. The van der Waals surface area contributed by atoms with Crippen LogP contribution in [0.5, 0.6) is 0 Å². The van der Waals surface area contributed by atoms with Crippen LogP contribution < -0.4 is 0 Å². The second-order valence-corrected chi connectivity index (χ2v) is 7.07. The Bertz CT molecular complexity index is 699. The first kappa shape index (κ1) is 20.4. The average Bonchev–Trinajstić information content (AvgIpc) is 2.63. The molecule has 0 fully saturated rings. The number of hydrogen-bond donors (Lipinski definition) is 2. The summed E-state index contributed by atoms with van der Waals surface area (Å²) < 4.78 is 0. The molecule has 0 aliphatic carbocycles. The number of benzene rings is 1. The third kappa shape index (κ3) is 6.75. The molecule has 1 atom stereocenters. The molecule has 1 heterocycles. The Balaban J connectivity index is 1.92. The molecular formula is C22H31NO3. The zero-order valence-corrected chi connectivity index (χ0v) is 15.8. The number of hydrogen-bond acceptors (Lipinski definition) is 3. The molecule has 0 radical (unpaired) electrons. The molecule has 0 bridgehead atoms. The Morgan fingerprint density at radius 1 is 1.04 bits per heavy atom. The van der Waals surface area contributed by atoms with Crippen molar-refractivity contribution in [3.8, 4) is 0 Å². The minimum atomic E-state index is -0.772. The summed E-state index contributed by atoms with van der Waals surface area (Å²) in [6, 6.07) is 9.93. The van der Waals surface area contributed by atoms with Crippen LogP contribution in [0.3, 0.4) is 0 Å². The molecule has 0 amide bonds. The number of unbranched alkanes of at least 4 members (excludes halogenated alkanes) is 5. The fourth-order valence-corrected chi connectivity index (χ4v) is 3.23. The van der Waals surface area contributed by atoms with Crippen LogP contribution in [0.15, 0.2) is 30.3 Å². The van der Waals surface area contributed by atoms with E-state index in [-0.39, 0.29) is 6.42 Å². The predicted octanol–water partition coefficient (Wildman–Crippen LogP) is 5.43. The van der Waals surface area contributed by atoms with E-state index in [9.17, 15) is 9.90 Å². The van der Waals surface area contributed by atoms with Crippen LogP contribution in [-0.4, -0.2) is 21.2 Å². The molecule has 2 N–H and O–H groups in total. The van der Waals surface area contributed by atoms with Gasteiger partial charge >= 0.3 is 5.97 Å². The van der Waals surface area contributed by atoms with E-state index in [0.29, 0.717) is 12.8 Å². The Labute approximate surface area is 156 Å². The van der Waals surface area contributed by atoms with E-state index < -0.39 is 12.1 Å². The first-order chi connectivity index (χ1) is 12.6. The zero-order chi connectivity index (χ0) is 18.8. The number of fused-ring (bicyclic) bond motifs is 1. The normalized spacial score (nSPS) is 12.4. The van der Waals surface area contributed by atoms with Gasteiger partial charge in [-0.25, -0.2) is 0 Å². The SMILES string of the molecule is CCCCCCCCC(O)c1ccc2ccc(CCCC(=O)O)nc2c1. The highest BCUT2D eigenvalue weighted by Crippen LogP contribution is 2.24. The maximum absolute atomic E-state index is 10.6. The molecule has 0 aliphatic heterocycles. The Hall–Kier alpha value is -1.94. The number of aliphatic hydroxyl groups is 1. The molecule has 1 unspecified atom stereocenters. The standard InChI is InChI=1S/C22H31NO3/c1-2-3-4-5-6-7-10-21(24)18-13-12-17-14-15-19(23-20(17)16-18)9-8-11-22(25)26/h12-16,21,24H,2-11H2,1H3,(H,25,26). The lowest BCUT2D eigenvalue weighted by Crippen LogP contribution is -1.99. The number of carboxylic acids is 1. The second-order valence-electron chi connectivity index (χ2n) is 7.07. The van der Waals surface area contributed by atoms with Gasteiger partial charge in [0.15, 0.2) is 0 Å². The van der Waals surface area contributed by atoms with Crippen LogP contribution in [0.25, 0.3) is 10.9 Å². The van der Waals surface area contributed by atoms with Crippen LogP contribution in [0.4, 0.5) is 0 Å². The lowest BCUT2D eigenvalue weighted by atomic mass is 10.0. The number of rotatable bonds is 12. The van der Waals surface area contributed by atoms with Gasteiger partial charge in [-0.2, -0.15) is 0 Å². The van der Waals surface area contributed by atoms with Gasteiger partial charge in [0, 0.05) is 17.5 Å². The van der Waals surface area contributed by atoms with Crippen molar-refractivity contribution in [3.63, 3.8) is 0 Å². The van der Waals surface area contributed by atoms with E-state index in [4.69, 9.17) is 5.11 Å². The van der Waals surface area contributed by atoms with Crippen molar-refractivity contribution >= 4 is 16.9 Å². The van der Waals surface area contributed by atoms with Gasteiger partial charge in [-0.1, -0.05) is 63.6 Å². The van der Waals surface area contributed by atoms with E-state index in [2.05, 4.69) is 11.9 Å². The third-order valence-corrected chi connectivity index (χ3v) is 4.81. The van der Waals surface area contributed by atoms with E-state index in [1.807, 2.05) is 30.3 Å². The number of pyridine rings is 1. The molecule has 1 aromatic heterocycles. The summed E-state index contributed by atoms with van der Waals surface area (Å²) >= 11 is 0. The summed E-state index contributed by atoms with van der Waals surface area (Å²) in [7, 11) is 0. The number of carbonyl (C=O) groups is 1. The van der Waals surface area contributed by atoms with Crippen molar-refractivity contribution in [2.24, 2.45) is 0 Å². The molecule has 2 aromatic rings. The maximum atomic E-state index is 10.6. The quantitative estimate of drug-likeness (QED) is 0.497. The van der Waals surface area contributed by atoms with Gasteiger partial charge in [-0.15, -0.1) is 0 Å². The first-order valence-electron chi connectivity index (χ1n) is 9.89. The maximum Gasteiger partial charge on any atom is 0.303 e.